The summed E-state index contributed by atoms with van der Waals surface area (Å²) in [7, 11) is 0. The number of benzene rings is 4. The van der Waals surface area contributed by atoms with Crippen LogP contribution in [-0.4, -0.2) is 0 Å². The number of hydrogen-bond acceptors (Lipinski definition) is 2. The summed E-state index contributed by atoms with van der Waals surface area (Å²) in [6, 6.07) is 26.5. The lowest BCUT2D eigenvalue weighted by molar-refractivity contribution is 0.653. The third kappa shape index (κ3) is 3.39. The number of rotatable bonds is 5. The van der Waals surface area contributed by atoms with Crippen molar-refractivity contribution in [2.24, 2.45) is 0 Å². The van der Waals surface area contributed by atoms with E-state index in [1.165, 1.54) is 44.2 Å². The second-order valence-corrected chi connectivity index (χ2v) is 10.5. The highest BCUT2D eigenvalue weighted by molar-refractivity contribution is 6.12. The predicted octanol–water partition coefficient (Wildman–Crippen LogP) is 9.99. The van der Waals surface area contributed by atoms with Crippen molar-refractivity contribution in [2.75, 3.05) is 4.90 Å². The molecule has 2 nitrogen and oxygen atoms in total. The number of aryl methyl sites for hydroxylation is 2. The molecule has 0 amide bonds. The second kappa shape index (κ2) is 8.52. The molecule has 2 heteroatoms. The zero-order chi connectivity index (χ0) is 25.9. The number of furan rings is 1. The first-order valence-corrected chi connectivity index (χ1v) is 13.2. The zero-order valence-corrected chi connectivity index (χ0v) is 22.4. The van der Waals surface area contributed by atoms with E-state index in [0.29, 0.717) is 0 Å². The normalized spacial score (nSPS) is 14.1. The number of fused-ring (bicyclic) bond motifs is 7. The smallest absolute Gasteiger partial charge is 0.143 e. The molecule has 37 heavy (non-hydrogen) atoms. The van der Waals surface area contributed by atoms with E-state index in [-0.39, 0.29) is 5.41 Å². The lowest BCUT2D eigenvalue weighted by Crippen LogP contribution is -2.17. The second-order valence-electron chi connectivity index (χ2n) is 10.5. The van der Waals surface area contributed by atoms with Gasteiger partial charge >= 0.3 is 0 Å². The van der Waals surface area contributed by atoms with Gasteiger partial charge in [0.2, 0.25) is 0 Å². The van der Waals surface area contributed by atoms with Crippen molar-refractivity contribution >= 4 is 33.3 Å². The van der Waals surface area contributed by atoms with E-state index in [1.807, 2.05) is 12.1 Å². The minimum absolute atomic E-state index is 0.109. The van der Waals surface area contributed by atoms with Gasteiger partial charge in [-0.05, 0) is 84.5 Å². The predicted molar refractivity (Wildman–Crippen MR) is 158 cm³/mol. The van der Waals surface area contributed by atoms with Gasteiger partial charge in [-0.15, -0.1) is 0 Å². The molecule has 0 aliphatic heterocycles. The van der Waals surface area contributed by atoms with E-state index in [4.69, 9.17) is 4.42 Å². The molecule has 5 aromatic rings. The van der Waals surface area contributed by atoms with Crippen molar-refractivity contribution in [1.82, 2.24) is 0 Å². The molecule has 6 rings (SSSR count). The van der Waals surface area contributed by atoms with Crippen LogP contribution in [0.1, 0.15) is 49.9 Å². The molecular weight excluding hydrogens is 450 g/mol. The molecule has 0 N–H and O–H groups in total. The van der Waals surface area contributed by atoms with Crippen LogP contribution in [-0.2, 0) is 11.8 Å². The lowest BCUT2D eigenvalue weighted by Gasteiger charge is -2.28. The van der Waals surface area contributed by atoms with E-state index >= 15 is 0 Å². The lowest BCUT2D eigenvalue weighted by atomic mass is 9.82. The maximum Gasteiger partial charge on any atom is 0.143 e. The fourth-order valence-electron chi connectivity index (χ4n) is 6.11. The molecule has 0 bridgehead atoms. The fraction of sp³-hybridized carbons (Fsp3) is 0.200. The Bertz CT molecular complexity index is 1730. The number of hydrogen-bond donors (Lipinski definition) is 0. The van der Waals surface area contributed by atoms with Crippen molar-refractivity contribution in [3.05, 3.63) is 119 Å². The number of allylic oxidation sites excluding steroid dienone is 2. The summed E-state index contributed by atoms with van der Waals surface area (Å²) >= 11 is 0. The SMILES string of the molecule is C=C/C(=C\C)N(c1ccc(C)c(CC)c1)c1ccc2c(c1)-c1c(ccc3c1oc1ccccc13)C2(C)C. The molecule has 0 saturated carbocycles. The van der Waals surface area contributed by atoms with Gasteiger partial charge in [0.1, 0.15) is 11.2 Å². The van der Waals surface area contributed by atoms with Gasteiger partial charge in [-0.3, -0.25) is 0 Å². The fourth-order valence-corrected chi connectivity index (χ4v) is 6.11. The van der Waals surface area contributed by atoms with Crippen molar-refractivity contribution < 1.29 is 4.42 Å². The molecule has 4 aromatic carbocycles. The Morgan fingerprint density at radius 1 is 0.919 bits per heavy atom. The third-order valence-corrected chi connectivity index (χ3v) is 8.16. The molecule has 1 aromatic heterocycles. The van der Waals surface area contributed by atoms with Gasteiger partial charge in [0.05, 0.1) is 0 Å². The highest BCUT2D eigenvalue weighted by Gasteiger charge is 2.38. The first-order chi connectivity index (χ1) is 17.9. The summed E-state index contributed by atoms with van der Waals surface area (Å²) in [5.74, 6) is 0. The standard InChI is InChI=1S/C35H33NO/c1-7-23-20-25(15-14-22(23)4)36(24(8-2)9-3)26-16-18-30-29(21-26)33-31(35(30,5)6)19-17-28-27-12-10-11-13-32(27)37-34(28)33/h8-21H,2,7H2,1,3-6H3/b24-9+. The highest BCUT2D eigenvalue weighted by Crippen LogP contribution is 2.53. The number of para-hydroxylation sites is 1. The molecule has 1 heterocycles. The van der Waals surface area contributed by atoms with Gasteiger partial charge < -0.3 is 9.32 Å². The molecule has 184 valence electrons. The molecule has 0 spiro atoms. The van der Waals surface area contributed by atoms with Crippen LogP contribution in [0.15, 0.2) is 102 Å². The molecule has 0 atom stereocenters. The Labute approximate surface area is 219 Å². The van der Waals surface area contributed by atoms with Gasteiger partial charge in [0.25, 0.3) is 0 Å². The van der Waals surface area contributed by atoms with Gasteiger partial charge in [0, 0.05) is 38.8 Å². The topological polar surface area (TPSA) is 16.4 Å². The minimum atomic E-state index is -0.109. The third-order valence-electron chi connectivity index (χ3n) is 8.16. The van der Waals surface area contributed by atoms with Crippen molar-refractivity contribution in [3.8, 4) is 11.1 Å². The summed E-state index contributed by atoms with van der Waals surface area (Å²) in [4.78, 5) is 2.32. The Balaban J connectivity index is 1.62. The highest BCUT2D eigenvalue weighted by atomic mass is 16.3. The first kappa shape index (κ1) is 23.4. The summed E-state index contributed by atoms with van der Waals surface area (Å²) < 4.78 is 6.52. The maximum atomic E-state index is 6.52. The van der Waals surface area contributed by atoms with Gasteiger partial charge in [-0.1, -0.05) is 75.9 Å². The van der Waals surface area contributed by atoms with E-state index in [0.717, 1.165) is 34.7 Å². The summed E-state index contributed by atoms with van der Waals surface area (Å²) in [5, 5.41) is 2.34. The van der Waals surface area contributed by atoms with Crippen LogP contribution in [0, 0.1) is 6.92 Å². The molecule has 0 radical (unpaired) electrons. The molecule has 0 unspecified atom stereocenters. The zero-order valence-electron chi connectivity index (χ0n) is 22.4. The Hall–Kier alpha value is -4.04. The largest absolute Gasteiger partial charge is 0.455 e. The summed E-state index contributed by atoms with van der Waals surface area (Å²) in [6.45, 7) is 15.2. The van der Waals surface area contributed by atoms with Crippen LogP contribution >= 0.6 is 0 Å². The van der Waals surface area contributed by atoms with E-state index < -0.39 is 0 Å². The average molecular weight is 484 g/mol. The molecule has 1 aliphatic rings. The first-order valence-electron chi connectivity index (χ1n) is 13.2. The van der Waals surface area contributed by atoms with Crippen LogP contribution in [0.4, 0.5) is 11.4 Å². The van der Waals surface area contributed by atoms with E-state index in [9.17, 15) is 0 Å². The summed E-state index contributed by atoms with van der Waals surface area (Å²) in [5.41, 5.74) is 12.9. The average Bonchev–Trinajstić information content (AvgIpc) is 3.40. The monoisotopic (exact) mass is 483 g/mol. The van der Waals surface area contributed by atoms with Crippen LogP contribution in [0.2, 0.25) is 0 Å². The van der Waals surface area contributed by atoms with Crippen LogP contribution < -0.4 is 4.90 Å². The summed E-state index contributed by atoms with van der Waals surface area (Å²) in [6.07, 6.45) is 5.07. The molecule has 0 fully saturated rings. The van der Waals surface area contributed by atoms with Crippen molar-refractivity contribution in [3.63, 3.8) is 0 Å². The maximum absolute atomic E-state index is 6.52. The van der Waals surface area contributed by atoms with Gasteiger partial charge in [-0.25, -0.2) is 0 Å². The van der Waals surface area contributed by atoms with Crippen molar-refractivity contribution in [2.45, 2.75) is 46.5 Å². The van der Waals surface area contributed by atoms with Crippen LogP contribution in [0.25, 0.3) is 33.1 Å². The quantitative estimate of drug-likeness (QED) is 0.231. The number of nitrogens with zero attached hydrogens (tertiary/aromatic N) is 1. The Morgan fingerprint density at radius 2 is 1.65 bits per heavy atom. The van der Waals surface area contributed by atoms with Crippen LogP contribution in [0.3, 0.4) is 0 Å². The Morgan fingerprint density at radius 3 is 2.41 bits per heavy atom. The Kier molecular flexibility index (Phi) is 5.38. The van der Waals surface area contributed by atoms with Gasteiger partial charge in [0.15, 0.2) is 0 Å². The molecular formula is C35H33NO. The van der Waals surface area contributed by atoms with E-state index in [1.54, 1.807) is 0 Å². The molecule has 0 saturated heterocycles. The van der Waals surface area contributed by atoms with E-state index in [2.05, 4.69) is 119 Å². The van der Waals surface area contributed by atoms with Crippen LogP contribution in [0.5, 0.6) is 0 Å². The van der Waals surface area contributed by atoms with Crippen molar-refractivity contribution in [1.29, 1.82) is 0 Å². The minimum Gasteiger partial charge on any atom is -0.455 e. The van der Waals surface area contributed by atoms with Gasteiger partial charge in [-0.2, -0.15) is 0 Å². The molecule has 1 aliphatic carbocycles. The number of anilines is 2.